The van der Waals surface area contributed by atoms with E-state index in [2.05, 4.69) is 0 Å². The number of benzene rings is 2. The first-order valence-corrected chi connectivity index (χ1v) is 9.55. The van der Waals surface area contributed by atoms with E-state index in [0.29, 0.717) is 16.0 Å². The fourth-order valence-electron chi connectivity index (χ4n) is 3.25. The van der Waals surface area contributed by atoms with E-state index >= 15 is 0 Å². The van der Waals surface area contributed by atoms with E-state index < -0.39 is 82.9 Å². The number of allylic oxidation sites excluding steroid dienone is 3. The van der Waals surface area contributed by atoms with Gasteiger partial charge < -0.3 is 0 Å². The van der Waals surface area contributed by atoms with Crippen LogP contribution in [0.25, 0.3) is 5.57 Å². The highest BCUT2D eigenvalue weighted by molar-refractivity contribution is 6.21. The van der Waals surface area contributed by atoms with E-state index in [1.54, 1.807) is 13.8 Å². The van der Waals surface area contributed by atoms with Gasteiger partial charge in [0.2, 0.25) is 5.91 Å². The van der Waals surface area contributed by atoms with E-state index in [0.717, 1.165) is 4.90 Å². The molecule has 2 aliphatic heterocycles. The van der Waals surface area contributed by atoms with Crippen molar-refractivity contribution in [3.05, 3.63) is 87.8 Å². The van der Waals surface area contributed by atoms with Crippen molar-refractivity contribution in [1.29, 1.82) is 0 Å². The summed E-state index contributed by atoms with van der Waals surface area (Å²) < 4.78 is 79.7. The van der Waals surface area contributed by atoms with E-state index in [9.17, 15) is 19.2 Å². The van der Waals surface area contributed by atoms with Crippen molar-refractivity contribution in [3.63, 3.8) is 0 Å². The predicted octanol–water partition coefficient (Wildman–Crippen LogP) is 3.54. The molecule has 2 unspecified atom stereocenters. The summed E-state index contributed by atoms with van der Waals surface area (Å²) in [5.74, 6) is -4.61. The number of amides is 4. The Morgan fingerprint density at radius 3 is 2.03 bits per heavy atom. The molecule has 0 radical (unpaired) electrons. The van der Waals surface area contributed by atoms with Crippen molar-refractivity contribution in [3.8, 4) is 0 Å². The highest BCUT2D eigenvalue weighted by Crippen LogP contribution is 2.38. The maximum Gasteiger partial charge on any atom is 0.261 e. The van der Waals surface area contributed by atoms with Gasteiger partial charge in [-0.3, -0.25) is 29.0 Å². The number of carbonyl (C=O) groups is 4. The number of rotatable bonds is 1. The summed E-state index contributed by atoms with van der Waals surface area (Å²) >= 11 is 0. The van der Waals surface area contributed by atoms with Crippen LogP contribution in [-0.2, 0) is 9.59 Å². The second-order valence-corrected chi connectivity index (χ2v) is 7.34. The molecule has 0 N–H and O–H groups in total. The largest absolute Gasteiger partial charge is 0.281 e. The van der Waals surface area contributed by atoms with Gasteiger partial charge in [-0.25, -0.2) is 0 Å². The Morgan fingerprint density at radius 2 is 1.41 bits per heavy atom. The molecule has 2 heterocycles. The van der Waals surface area contributed by atoms with Gasteiger partial charge in [0, 0.05) is 21.0 Å². The van der Waals surface area contributed by atoms with Gasteiger partial charge in [-0.15, -0.1) is 0 Å². The number of likely N-dealkylation sites (N-methyl/N-ethyl adjacent to an activating group) is 1. The molecule has 1 aliphatic carbocycles. The molecule has 6 nitrogen and oxygen atoms in total. The second kappa shape index (κ2) is 8.04. The molecule has 0 spiro atoms. The Labute approximate surface area is 200 Å². The minimum absolute atomic E-state index is 0.0634. The zero-order valence-corrected chi connectivity index (χ0v) is 17.7. The second-order valence-electron chi connectivity index (χ2n) is 7.34. The first-order valence-electron chi connectivity index (χ1n) is 14.6. The summed E-state index contributed by atoms with van der Waals surface area (Å²) in [6.07, 6.45) is -1.60. The summed E-state index contributed by atoms with van der Waals surface area (Å²) in [4.78, 5) is 51.0. The lowest BCUT2D eigenvalue weighted by molar-refractivity contribution is -0.137. The van der Waals surface area contributed by atoms with Crippen LogP contribution in [0.2, 0.25) is 0 Å². The predicted molar refractivity (Wildman–Crippen MR) is 121 cm³/mol. The van der Waals surface area contributed by atoms with Crippen molar-refractivity contribution >= 4 is 29.2 Å². The third kappa shape index (κ3) is 3.58. The van der Waals surface area contributed by atoms with Crippen molar-refractivity contribution in [2.24, 2.45) is 5.92 Å². The lowest BCUT2D eigenvalue weighted by Gasteiger charge is -2.16. The van der Waals surface area contributed by atoms with Gasteiger partial charge in [0.1, 0.15) is 0 Å². The van der Waals surface area contributed by atoms with Gasteiger partial charge >= 0.3 is 0 Å². The molecule has 2 atom stereocenters. The van der Waals surface area contributed by atoms with Gasteiger partial charge in [-0.2, -0.15) is 0 Å². The number of carbonyl (C=O) groups excluding carboxylic acids is 4. The lowest BCUT2D eigenvalue weighted by Crippen LogP contribution is -2.25. The molecule has 0 saturated carbocycles. The molecular formula is C26H24N2O4. The van der Waals surface area contributed by atoms with Crippen LogP contribution in [0.5, 0.6) is 0 Å². The summed E-state index contributed by atoms with van der Waals surface area (Å²) in [5, 5.41) is 0. The number of hydrogen-bond acceptors (Lipinski definition) is 4. The summed E-state index contributed by atoms with van der Waals surface area (Å²) in [5.41, 5.74) is -1.10. The van der Waals surface area contributed by atoms with Gasteiger partial charge in [0.15, 0.2) is 0 Å². The van der Waals surface area contributed by atoms with Crippen LogP contribution in [-0.4, -0.2) is 47.5 Å². The standard InChI is InChI=1S/C18H14N2O4.C8H10/c1-19-15(21)11-5-3-9(7-13(11)17(19)23)10-4-6-12-14(8-10)18(24)20(2)16(12)22;1-7-3-5-8(2)6-4-7/h3-7,14H,8H2,1-2H3;3-6H,1-2H3/i3D,4D,5D,6D,7D,8D;3D,4D,5D,6D. The van der Waals surface area contributed by atoms with Gasteiger partial charge in [-0.1, -0.05) is 53.4 Å². The molecule has 32 heavy (non-hydrogen) atoms. The lowest BCUT2D eigenvalue weighted by atomic mass is 9.85. The summed E-state index contributed by atoms with van der Waals surface area (Å²) in [6.45, 7) is 3.19. The third-order valence-electron chi connectivity index (χ3n) is 5.10. The quantitative estimate of drug-likeness (QED) is 0.638. The number of nitrogens with zero attached hydrogens (tertiary/aromatic N) is 2. The molecule has 6 heteroatoms. The SMILES string of the molecule is [2H]C1=C(c2c([2H])c([2H])c3c(c2[2H])C(=O)N(C)C3=O)C([2H])C2C(=O)N(C)C(=O)C2=C1[2H].[2H]c1c([2H])c(C)c([2H])c([2H])c1C. The van der Waals surface area contributed by atoms with Crippen LogP contribution < -0.4 is 0 Å². The summed E-state index contributed by atoms with van der Waals surface area (Å²) in [7, 11) is 2.37. The van der Waals surface area contributed by atoms with E-state index in [1.165, 1.54) is 14.1 Å². The van der Waals surface area contributed by atoms with E-state index in [4.69, 9.17) is 13.7 Å². The first-order chi connectivity index (χ1) is 19.4. The molecule has 5 rings (SSSR count). The first kappa shape index (κ1) is 12.3. The van der Waals surface area contributed by atoms with Crippen molar-refractivity contribution in [1.82, 2.24) is 9.80 Å². The van der Waals surface area contributed by atoms with E-state index in [1.807, 2.05) is 0 Å². The monoisotopic (exact) mass is 438 g/mol. The topological polar surface area (TPSA) is 74.8 Å². The Balaban J connectivity index is 0.000000283. The maximum atomic E-state index is 12.5. The van der Waals surface area contributed by atoms with Crippen LogP contribution in [0.4, 0.5) is 0 Å². The van der Waals surface area contributed by atoms with Crippen LogP contribution in [0.15, 0.2) is 60.0 Å². The normalized spacial score (nSPS) is 26.6. The molecule has 4 amide bonds. The third-order valence-corrected chi connectivity index (χ3v) is 5.10. The Morgan fingerprint density at radius 1 is 0.812 bits per heavy atom. The Bertz CT molecular complexity index is 1630. The van der Waals surface area contributed by atoms with Crippen LogP contribution in [0.1, 0.15) is 57.5 Å². The summed E-state index contributed by atoms with van der Waals surface area (Å²) in [6, 6.07) is -2.90. The molecule has 3 aliphatic rings. The molecule has 2 aromatic carbocycles. The molecular weight excluding hydrogens is 404 g/mol. The minimum atomic E-state index is -1.60. The molecule has 1 saturated heterocycles. The van der Waals surface area contributed by atoms with Crippen LogP contribution >= 0.6 is 0 Å². The Hall–Kier alpha value is -3.80. The number of hydrogen-bond donors (Lipinski definition) is 0. The van der Waals surface area contributed by atoms with Crippen LogP contribution in [0, 0.1) is 19.8 Å². The molecule has 2 aromatic rings. The van der Waals surface area contributed by atoms with Crippen molar-refractivity contribution < 1.29 is 32.9 Å². The molecule has 0 aromatic heterocycles. The van der Waals surface area contributed by atoms with Gasteiger partial charge in [0.25, 0.3) is 17.7 Å². The number of imide groups is 2. The van der Waals surface area contributed by atoms with Gasteiger partial charge in [-0.05, 0) is 43.5 Å². The average Bonchev–Trinajstić information content (AvgIpc) is 3.33. The van der Waals surface area contributed by atoms with Crippen molar-refractivity contribution in [2.45, 2.75) is 20.2 Å². The number of likely N-dealkylation sites (tertiary alicyclic amines) is 1. The fourth-order valence-corrected chi connectivity index (χ4v) is 3.25. The molecule has 162 valence electrons. The zero-order chi connectivity index (χ0) is 31.9. The van der Waals surface area contributed by atoms with Crippen molar-refractivity contribution in [2.75, 3.05) is 14.1 Å². The number of fused-ring (bicyclic) bond motifs is 2. The zero-order valence-electron chi connectivity index (χ0n) is 27.7. The molecule has 1 fully saturated rings. The highest BCUT2D eigenvalue weighted by Gasteiger charge is 2.42. The average molecular weight is 439 g/mol. The van der Waals surface area contributed by atoms with Crippen LogP contribution in [0.3, 0.4) is 0 Å². The molecule has 0 bridgehead atoms. The Kier molecular flexibility index (Phi) is 3.09. The van der Waals surface area contributed by atoms with E-state index in [-0.39, 0.29) is 35.3 Å². The fraction of sp³-hybridized carbons (Fsp3) is 0.231. The smallest absolute Gasteiger partial charge is 0.261 e. The van der Waals surface area contributed by atoms with Gasteiger partial charge in [0.05, 0.1) is 29.4 Å². The highest BCUT2D eigenvalue weighted by atomic mass is 16.2. The maximum absolute atomic E-state index is 12.5. The minimum Gasteiger partial charge on any atom is -0.281 e.